The zero-order valence-corrected chi connectivity index (χ0v) is 15.4. The lowest BCUT2D eigenvalue weighted by Gasteiger charge is -2.14. The second kappa shape index (κ2) is 9.28. The van der Waals surface area contributed by atoms with Crippen LogP contribution < -0.4 is 10.6 Å². The van der Waals surface area contributed by atoms with Crippen LogP contribution in [-0.4, -0.2) is 31.1 Å². The second-order valence-electron chi connectivity index (χ2n) is 6.47. The first-order chi connectivity index (χ1) is 13.1. The lowest BCUT2D eigenvalue weighted by Crippen LogP contribution is -2.36. The zero-order chi connectivity index (χ0) is 19.1. The second-order valence-corrected chi connectivity index (χ2v) is 6.47. The summed E-state index contributed by atoms with van der Waals surface area (Å²) >= 11 is 0. The van der Waals surface area contributed by atoms with Gasteiger partial charge in [0.1, 0.15) is 5.82 Å². The van der Waals surface area contributed by atoms with Crippen molar-refractivity contribution in [1.29, 1.82) is 0 Å². The number of rotatable bonds is 5. The van der Waals surface area contributed by atoms with Gasteiger partial charge in [-0.2, -0.15) is 0 Å². The van der Waals surface area contributed by atoms with E-state index in [4.69, 9.17) is 4.74 Å². The highest BCUT2D eigenvalue weighted by molar-refractivity contribution is 6.09. The third-order valence-electron chi connectivity index (χ3n) is 4.39. The van der Waals surface area contributed by atoms with Crippen molar-refractivity contribution in [3.63, 3.8) is 0 Å². The van der Waals surface area contributed by atoms with Gasteiger partial charge in [-0.3, -0.25) is 10.1 Å². The molecule has 2 aromatic rings. The number of hydrogen-bond donors (Lipinski definition) is 2. The fourth-order valence-corrected chi connectivity index (χ4v) is 2.91. The Morgan fingerprint density at radius 2 is 2.11 bits per heavy atom. The first-order valence-electron chi connectivity index (χ1n) is 9.23. The Hall–Kier alpha value is -2.73. The molecule has 2 aromatic carbocycles. The molecule has 0 bridgehead atoms. The first kappa shape index (κ1) is 19.0. The molecule has 1 saturated heterocycles. The average molecular weight is 369 g/mol. The van der Waals surface area contributed by atoms with E-state index < -0.39 is 11.7 Å². The van der Waals surface area contributed by atoms with Crippen molar-refractivity contribution in [1.82, 2.24) is 5.32 Å². The summed E-state index contributed by atoms with van der Waals surface area (Å²) in [7, 11) is 0. The molecule has 0 aromatic heterocycles. The summed E-state index contributed by atoms with van der Waals surface area (Å²) in [4.78, 5) is 17.0. The topological polar surface area (TPSA) is 62.7 Å². The number of amides is 1. The molecule has 6 heteroatoms. The van der Waals surface area contributed by atoms with Gasteiger partial charge in [-0.25, -0.2) is 9.38 Å². The van der Waals surface area contributed by atoms with Crippen LogP contribution in [0.3, 0.4) is 0 Å². The molecule has 1 amide bonds. The number of guanidine groups is 1. The molecule has 3 rings (SSSR count). The molecular formula is C21H24FN3O2. The molecule has 1 heterocycles. The van der Waals surface area contributed by atoms with Gasteiger partial charge in [0.25, 0.3) is 5.91 Å². The Balaban J connectivity index is 1.75. The number of carbonyl (C=O) groups is 1. The van der Waals surface area contributed by atoms with E-state index in [1.165, 1.54) is 23.8 Å². The largest absolute Gasteiger partial charge is 0.376 e. The Kier molecular flexibility index (Phi) is 6.54. The number of hydrogen-bond acceptors (Lipinski definition) is 3. The molecule has 27 heavy (non-hydrogen) atoms. The highest BCUT2D eigenvalue weighted by atomic mass is 19.1. The van der Waals surface area contributed by atoms with Gasteiger partial charge in [0.05, 0.1) is 12.6 Å². The third kappa shape index (κ3) is 5.62. The maximum absolute atomic E-state index is 13.4. The number of carbonyl (C=O) groups excluding carboxylic acids is 1. The molecule has 0 saturated carbocycles. The standard InChI is InChI=1S/C21H24FN3O2/c1-2-15-6-3-9-18(12-15)24-21(23-14-19-10-5-11-27-19)25-20(26)16-7-4-8-17(22)13-16/h3-4,6-9,12-13,19H,2,5,10-11,14H2,1H3,(H2,23,24,25,26)/t19-/m1/s1. The predicted molar refractivity (Wildman–Crippen MR) is 105 cm³/mol. The van der Waals surface area contributed by atoms with Crippen LogP contribution in [0.1, 0.15) is 35.7 Å². The van der Waals surface area contributed by atoms with Crippen molar-refractivity contribution < 1.29 is 13.9 Å². The summed E-state index contributed by atoms with van der Waals surface area (Å²) < 4.78 is 19.0. The van der Waals surface area contributed by atoms with Crippen molar-refractivity contribution in [3.8, 4) is 0 Å². The molecule has 1 aliphatic rings. The van der Waals surface area contributed by atoms with Gasteiger partial charge in [-0.15, -0.1) is 0 Å². The van der Waals surface area contributed by atoms with Crippen LogP contribution in [0.2, 0.25) is 0 Å². The van der Waals surface area contributed by atoms with Gasteiger partial charge < -0.3 is 10.1 Å². The molecule has 0 spiro atoms. The van der Waals surface area contributed by atoms with Gasteiger partial charge >= 0.3 is 0 Å². The first-order valence-corrected chi connectivity index (χ1v) is 9.23. The summed E-state index contributed by atoms with van der Waals surface area (Å²) in [5, 5.41) is 5.91. The lowest BCUT2D eigenvalue weighted by molar-refractivity contribution is 0.0975. The smallest absolute Gasteiger partial charge is 0.258 e. The lowest BCUT2D eigenvalue weighted by atomic mass is 10.1. The van der Waals surface area contributed by atoms with Crippen LogP contribution in [0.4, 0.5) is 10.1 Å². The van der Waals surface area contributed by atoms with Crippen molar-refractivity contribution in [3.05, 3.63) is 65.5 Å². The summed E-state index contributed by atoms with van der Waals surface area (Å²) in [6.45, 7) is 3.29. The summed E-state index contributed by atoms with van der Waals surface area (Å²) in [6.07, 6.45) is 2.96. The van der Waals surface area contributed by atoms with E-state index in [-0.39, 0.29) is 11.7 Å². The van der Waals surface area contributed by atoms with Crippen LogP contribution in [0, 0.1) is 5.82 Å². The predicted octanol–water partition coefficient (Wildman–Crippen LogP) is 3.77. The Bertz CT molecular complexity index is 817. The SMILES string of the molecule is CCc1cccc(NC(=NC[C@H]2CCCO2)NC(=O)c2cccc(F)c2)c1. The van der Waals surface area contributed by atoms with E-state index >= 15 is 0 Å². The van der Waals surface area contributed by atoms with E-state index in [1.54, 1.807) is 6.07 Å². The van der Waals surface area contributed by atoms with Crippen molar-refractivity contribution in [2.45, 2.75) is 32.3 Å². The minimum Gasteiger partial charge on any atom is -0.376 e. The van der Waals surface area contributed by atoms with E-state index in [9.17, 15) is 9.18 Å². The molecular weight excluding hydrogens is 345 g/mol. The van der Waals surface area contributed by atoms with E-state index in [2.05, 4.69) is 22.5 Å². The molecule has 1 fully saturated rings. The van der Waals surface area contributed by atoms with Gasteiger partial charge in [-0.05, 0) is 55.2 Å². The minimum atomic E-state index is -0.455. The van der Waals surface area contributed by atoms with Crippen molar-refractivity contribution in [2.24, 2.45) is 4.99 Å². The van der Waals surface area contributed by atoms with Crippen molar-refractivity contribution >= 4 is 17.6 Å². The van der Waals surface area contributed by atoms with Crippen LogP contribution in [-0.2, 0) is 11.2 Å². The quantitative estimate of drug-likeness (QED) is 0.623. The third-order valence-corrected chi connectivity index (χ3v) is 4.39. The maximum atomic E-state index is 13.4. The highest BCUT2D eigenvalue weighted by Gasteiger charge is 2.16. The molecule has 1 atom stereocenters. The number of nitrogens with zero attached hydrogens (tertiary/aromatic N) is 1. The number of benzene rings is 2. The zero-order valence-electron chi connectivity index (χ0n) is 15.4. The molecule has 1 aliphatic heterocycles. The number of aryl methyl sites for hydroxylation is 1. The summed E-state index contributed by atoms with van der Waals surface area (Å²) in [5.41, 5.74) is 2.25. The summed E-state index contributed by atoms with van der Waals surface area (Å²) in [5.74, 6) is -0.545. The number of aliphatic imine (C=N–C) groups is 1. The van der Waals surface area contributed by atoms with Gasteiger partial charge in [0, 0.05) is 17.9 Å². The molecule has 142 valence electrons. The molecule has 0 radical (unpaired) electrons. The average Bonchev–Trinajstić information content (AvgIpc) is 3.20. The molecule has 0 unspecified atom stereocenters. The van der Waals surface area contributed by atoms with E-state index in [0.717, 1.165) is 31.6 Å². The van der Waals surface area contributed by atoms with Crippen LogP contribution in [0.25, 0.3) is 0 Å². The Morgan fingerprint density at radius 1 is 1.26 bits per heavy atom. The maximum Gasteiger partial charge on any atom is 0.258 e. The van der Waals surface area contributed by atoms with Gasteiger partial charge in [-0.1, -0.05) is 25.1 Å². The Morgan fingerprint density at radius 3 is 2.85 bits per heavy atom. The van der Waals surface area contributed by atoms with Crippen LogP contribution in [0.5, 0.6) is 0 Å². The molecule has 0 aliphatic carbocycles. The van der Waals surface area contributed by atoms with Crippen LogP contribution >= 0.6 is 0 Å². The fourth-order valence-electron chi connectivity index (χ4n) is 2.91. The number of halogens is 1. The van der Waals surface area contributed by atoms with E-state index in [1.807, 2.05) is 24.3 Å². The monoisotopic (exact) mass is 369 g/mol. The van der Waals surface area contributed by atoms with Gasteiger partial charge in [0.2, 0.25) is 5.96 Å². The van der Waals surface area contributed by atoms with Crippen molar-refractivity contribution in [2.75, 3.05) is 18.5 Å². The Labute approximate surface area is 158 Å². The highest BCUT2D eigenvalue weighted by Crippen LogP contribution is 2.14. The van der Waals surface area contributed by atoms with Crippen LogP contribution in [0.15, 0.2) is 53.5 Å². The normalized spacial score (nSPS) is 17.0. The molecule has 2 N–H and O–H groups in total. The van der Waals surface area contributed by atoms with E-state index in [0.29, 0.717) is 12.5 Å². The minimum absolute atomic E-state index is 0.0647. The fraction of sp³-hybridized carbons (Fsp3) is 0.333. The number of anilines is 1. The summed E-state index contributed by atoms with van der Waals surface area (Å²) in [6, 6.07) is 13.5. The number of nitrogens with one attached hydrogen (secondary N) is 2. The molecule has 5 nitrogen and oxygen atoms in total. The van der Waals surface area contributed by atoms with Gasteiger partial charge in [0.15, 0.2) is 0 Å². The number of ether oxygens (including phenoxy) is 1.